The summed E-state index contributed by atoms with van der Waals surface area (Å²) in [7, 11) is 0. The van der Waals surface area contributed by atoms with Gasteiger partial charge in [-0.3, -0.25) is 0 Å². The predicted octanol–water partition coefficient (Wildman–Crippen LogP) is 0.751. The Kier molecular flexibility index (Phi) is 2.05. The van der Waals surface area contributed by atoms with Crippen molar-refractivity contribution < 1.29 is 19.6 Å². The quantitative estimate of drug-likeness (QED) is 0.355. The van der Waals surface area contributed by atoms with E-state index < -0.39 is 5.97 Å². The van der Waals surface area contributed by atoms with Gasteiger partial charge in [-0.25, -0.2) is 5.26 Å². The molecule has 1 N–H and O–H groups in total. The molecule has 2 unspecified atom stereocenters. The van der Waals surface area contributed by atoms with Crippen LogP contribution in [0.1, 0.15) is 6.92 Å². The fourth-order valence-corrected chi connectivity index (χ4v) is 0.774. The molecule has 1 heterocycles. The third-order valence-electron chi connectivity index (χ3n) is 1.26. The van der Waals surface area contributed by atoms with Gasteiger partial charge in [0, 0.05) is 0 Å². The lowest BCUT2D eigenvalue weighted by Crippen LogP contribution is -2.30. The normalized spacial score (nSPS) is 40.0. The van der Waals surface area contributed by atoms with Gasteiger partial charge < -0.3 is 9.47 Å². The number of rotatable bonds is 2. The first kappa shape index (κ1) is 7.68. The minimum Gasteiger partial charge on any atom is -0.320 e. The van der Waals surface area contributed by atoms with E-state index in [0.717, 1.165) is 0 Å². The molecule has 0 saturated carbocycles. The van der Waals surface area contributed by atoms with Crippen molar-refractivity contribution in [3.8, 4) is 0 Å². The van der Waals surface area contributed by atoms with Gasteiger partial charge in [0.05, 0.1) is 12.7 Å². The van der Waals surface area contributed by atoms with Crippen LogP contribution in [0.5, 0.6) is 0 Å². The van der Waals surface area contributed by atoms with Crippen LogP contribution in [0, 0.1) is 0 Å². The van der Waals surface area contributed by atoms with Gasteiger partial charge in [0.15, 0.2) is 0 Å². The highest BCUT2D eigenvalue weighted by Crippen LogP contribution is 2.24. The molecule has 1 aliphatic heterocycles. The van der Waals surface area contributed by atoms with Crippen LogP contribution in [-0.2, 0) is 14.4 Å². The molecule has 0 aromatic carbocycles. The van der Waals surface area contributed by atoms with Gasteiger partial charge in [-0.15, -0.1) is 0 Å². The van der Waals surface area contributed by atoms with Crippen LogP contribution in [0.15, 0.2) is 12.7 Å². The van der Waals surface area contributed by atoms with E-state index in [0.29, 0.717) is 6.61 Å². The first-order valence-electron chi connectivity index (χ1n) is 3.00. The summed E-state index contributed by atoms with van der Waals surface area (Å²) in [6, 6.07) is 0. The van der Waals surface area contributed by atoms with Gasteiger partial charge in [-0.2, -0.15) is 4.89 Å². The molecule has 2 atom stereocenters. The summed E-state index contributed by atoms with van der Waals surface area (Å²) in [5.74, 6) is -1.43. The standard InChI is InChI=1S/C6H10O4/c1-3-6(10-7)8-4-5(2)9-6/h3,5,7H,1,4H2,2H3. The molecule has 58 valence electrons. The van der Waals surface area contributed by atoms with Gasteiger partial charge in [0.1, 0.15) is 0 Å². The summed E-state index contributed by atoms with van der Waals surface area (Å²) in [4.78, 5) is 3.96. The predicted molar refractivity (Wildman–Crippen MR) is 33.1 cm³/mol. The first-order chi connectivity index (χ1) is 4.72. The summed E-state index contributed by atoms with van der Waals surface area (Å²) >= 11 is 0. The molecule has 0 aromatic heterocycles. The second-order valence-electron chi connectivity index (χ2n) is 2.14. The van der Waals surface area contributed by atoms with Crippen molar-refractivity contribution in [1.29, 1.82) is 0 Å². The van der Waals surface area contributed by atoms with Gasteiger partial charge in [0.2, 0.25) is 0 Å². The Morgan fingerprint density at radius 3 is 2.80 bits per heavy atom. The molecule has 4 heteroatoms. The molecule has 1 rings (SSSR count). The monoisotopic (exact) mass is 146 g/mol. The third-order valence-corrected chi connectivity index (χ3v) is 1.26. The van der Waals surface area contributed by atoms with Crippen molar-refractivity contribution in [3.63, 3.8) is 0 Å². The summed E-state index contributed by atoms with van der Waals surface area (Å²) in [6.07, 6.45) is 1.18. The van der Waals surface area contributed by atoms with Crippen molar-refractivity contribution in [2.45, 2.75) is 19.0 Å². The summed E-state index contributed by atoms with van der Waals surface area (Å²) in [5.41, 5.74) is 0. The number of ether oxygens (including phenoxy) is 2. The zero-order valence-corrected chi connectivity index (χ0v) is 5.74. The van der Waals surface area contributed by atoms with E-state index in [1.54, 1.807) is 0 Å². The fraction of sp³-hybridized carbons (Fsp3) is 0.667. The molecule has 0 amide bonds. The van der Waals surface area contributed by atoms with Gasteiger partial charge in [0.25, 0.3) is 0 Å². The molecule has 0 aromatic rings. The van der Waals surface area contributed by atoms with Crippen LogP contribution in [0.25, 0.3) is 0 Å². The Balaban J connectivity index is 2.59. The maximum absolute atomic E-state index is 8.31. The van der Waals surface area contributed by atoms with E-state index >= 15 is 0 Å². The molecule has 1 saturated heterocycles. The van der Waals surface area contributed by atoms with E-state index in [1.807, 2.05) is 6.92 Å². The molecule has 1 aliphatic rings. The van der Waals surface area contributed by atoms with Crippen molar-refractivity contribution in [2.75, 3.05) is 6.61 Å². The van der Waals surface area contributed by atoms with Gasteiger partial charge >= 0.3 is 5.97 Å². The Morgan fingerprint density at radius 1 is 1.90 bits per heavy atom. The highest BCUT2D eigenvalue weighted by atomic mass is 17.2. The van der Waals surface area contributed by atoms with E-state index in [4.69, 9.17) is 14.7 Å². The average molecular weight is 146 g/mol. The molecule has 0 spiro atoms. The smallest absolute Gasteiger partial charge is 0.320 e. The molecule has 0 radical (unpaired) electrons. The highest BCUT2D eigenvalue weighted by Gasteiger charge is 2.39. The third kappa shape index (κ3) is 1.19. The van der Waals surface area contributed by atoms with Gasteiger partial charge in [-0.1, -0.05) is 6.58 Å². The van der Waals surface area contributed by atoms with Crippen molar-refractivity contribution in [3.05, 3.63) is 12.7 Å². The Hall–Kier alpha value is -0.420. The van der Waals surface area contributed by atoms with Gasteiger partial charge in [-0.05, 0) is 13.0 Å². The lowest BCUT2D eigenvalue weighted by molar-refractivity contribution is -0.443. The molecular formula is C6H10O4. The van der Waals surface area contributed by atoms with Crippen molar-refractivity contribution >= 4 is 0 Å². The molecule has 0 aliphatic carbocycles. The summed E-state index contributed by atoms with van der Waals surface area (Å²) < 4.78 is 9.97. The maximum atomic E-state index is 8.31. The zero-order valence-electron chi connectivity index (χ0n) is 5.74. The Bertz CT molecular complexity index is 136. The summed E-state index contributed by atoms with van der Waals surface area (Å²) in [6.45, 7) is 5.59. The van der Waals surface area contributed by atoms with Crippen LogP contribution in [0.2, 0.25) is 0 Å². The molecule has 1 fully saturated rings. The second kappa shape index (κ2) is 2.67. The average Bonchev–Trinajstić information content (AvgIpc) is 2.33. The Labute approximate surface area is 58.9 Å². The number of hydrogen-bond acceptors (Lipinski definition) is 4. The molecule has 4 nitrogen and oxygen atoms in total. The number of hydrogen-bond donors (Lipinski definition) is 1. The maximum Gasteiger partial charge on any atom is 0.333 e. The topological polar surface area (TPSA) is 47.9 Å². The van der Waals surface area contributed by atoms with Crippen LogP contribution in [-0.4, -0.2) is 23.9 Å². The summed E-state index contributed by atoms with van der Waals surface area (Å²) in [5, 5.41) is 8.31. The Morgan fingerprint density at radius 2 is 2.60 bits per heavy atom. The zero-order chi connectivity index (χ0) is 7.61. The van der Waals surface area contributed by atoms with Crippen LogP contribution in [0.4, 0.5) is 0 Å². The lowest BCUT2D eigenvalue weighted by atomic mass is 10.5. The molecule has 10 heavy (non-hydrogen) atoms. The minimum absolute atomic E-state index is 0.0786. The fourth-order valence-electron chi connectivity index (χ4n) is 0.774. The second-order valence-corrected chi connectivity index (χ2v) is 2.14. The molecule has 0 bridgehead atoms. The lowest BCUT2D eigenvalue weighted by Gasteiger charge is -2.17. The van der Waals surface area contributed by atoms with E-state index in [1.165, 1.54) is 6.08 Å². The first-order valence-corrected chi connectivity index (χ1v) is 3.00. The minimum atomic E-state index is -1.43. The SMILES string of the molecule is C=CC1(OO)OCC(C)O1. The van der Waals surface area contributed by atoms with E-state index in [-0.39, 0.29) is 6.10 Å². The highest BCUT2D eigenvalue weighted by molar-refractivity contribution is 4.84. The van der Waals surface area contributed by atoms with E-state index in [2.05, 4.69) is 11.5 Å². The largest absolute Gasteiger partial charge is 0.333 e. The van der Waals surface area contributed by atoms with Crippen LogP contribution >= 0.6 is 0 Å². The van der Waals surface area contributed by atoms with Crippen LogP contribution in [0.3, 0.4) is 0 Å². The van der Waals surface area contributed by atoms with E-state index in [9.17, 15) is 0 Å². The molecular weight excluding hydrogens is 136 g/mol. The van der Waals surface area contributed by atoms with Crippen molar-refractivity contribution in [1.82, 2.24) is 0 Å². The van der Waals surface area contributed by atoms with Crippen LogP contribution < -0.4 is 0 Å². The van der Waals surface area contributed by atoms with Crippen molar-refractivity contribution in [2.24, 2.45) is 0 Å².